The van der Waals surface area contributed by atoms with Crippen molar-refractivity contribution in [2.24, 2.45) is 0 Å². The number of furan rings is 1. The first-order valence-electron chi connectivity index (χ1n) is 9.81. The number of hydrogen-bond acceptors (Lipinski definition) is 5. The molecule has 7 nitrogen and oxygen atoms in total. The molecule has 0 spiro atoms. The molecule has 1 amide bonds. The summed E-state index contributed by atoms with van der Waals surface area (Å²) >= 11 is 6.37. The summed E-state index contributed by atoms with van der Waals surface area (Å²) < 4.78 is 21.4. The van der Waals surface area contributed by atoms with Gasteiger partial charge in [-0.2, -0.15) is 4.98 Å². The van der Waals surface area contributed by atoms with E-state index in [2.05, 4.69) is 20.7 Å². The molecule has 4 aromatic rings. The number of hydrogen-bond donors (Lipinski definition) is 2. The summed E-state index contributed by atoms with van der Waals surface area (Å²) in [7, 11) is 0. The van der Waals surface area contributed by atoms with Gasteiger partial charge in [0.1, 0.15) is 11.9 Å². The molecule has 0 unspecified atom stereocenters. The number of carbonyl (C=O) groups is 1. The van der Waals surface area contributed by atoms with Gasteiger partial charge in [0.2, 0.25) is 5.95 Å². The van der Waals surface area contributed by atoms with Crippen molar-refractivity contribution < 1.29 is 13.6 Å². The highest BCUT2D eigenvalue weighted by molar-refractivity contribution is 6.31. The Kier molecular flexibility index (Phi) is 4.99. The van der Waals surface area contributed by atoms with Crippen molar-refractivity contribution in [3.05, 3.63) is 100 Å². The van der Waals surface area contributed by atoms with Gasteiger partial charge in [0.25, 0.3) is 11.9 Å². The van der Waals surface area contributed by atoms with Gasteiger partial charge in [-0.25, -0.2) is 9.07 Å². The molecular formula is C23H17ClFN5O2. The predicted octanol–water partition coefficient (Wildman–Crippen LogP) is 5.28. The van der Waals surface area contributed by atoms with Gasteiger partial charge in [0.05, 0.1) is 6.26 Å². The number of aromatic nitrogens is 3. The number of fused-ring (bicyclic) bond motifs is 1. The van der Waals surface area contributed by atoms with Crippen LogP contribution in [0.4, 0.5) is 16.3 Å². The number of halogens is 2. The van der Waals surface area contributed by atoms with E-state index in [0.717, 1.165) is 16.8 Å². The Morgan fingerprint density at radius 3 is 2.72 bits per heavy atom. The van der Waals surface area contributed by atoms with Crippen LogP contribution in [0.15, 0.2) is 71.4 Å². The van der Waals surface area contributed by atoms with E-state index < -0.39 is 17.8 Å². The molecule has 0 bridgehead atoms. The summed E-state index contributed by atoms with van der Waals surface area (Å²) in [4.78, 5) is 16.7. The summed E-state index contributed by atoms with van der Waals surface area (Å²) in [5.74, 6) is -0.457. The molecule has 2 aromatic carbocycles. The number of nitrogens with zero attached hydrogens (tertiary/aromatic N) is 3. The Labute approximate surface area is 187 Å². The lowest BCUT2D eigenvalue weighted by molar-refractivity contribution is 0.0995. The molecule has 9 heteroatoms. The number of allylic oxidation sites excluding steroid dienone is 1. The molecular weight excluding hydrogens is 433 g/mol. The fourth-order valence-electron chi connectivity index (χ4n) is 3.52. The maximum atomic E-state index is 14.8. The number of amides is 1. The van der Waals surface area contributed by atoms with E-state index in [0.29, 0.717) is 5.95 Å². The summed E-state index contributed by atoms with van der Waals surface area (Å²) in [5, 5.41) is 10.5. The minimum Gasteiger partial charge on any atom is -0.459 e. The Morgan fingerprint density at radius 1 is 1.19 bits per heavy atom. The predicted molar refractivity (Wildman–Crippen MR) is 119 cm³/mol. The average molecular weight is 450 g/mol. The Hall–Kier alpha value is -3.91. The van der Waals surface area contributed by atoms with Crippen molar-refractivity contribution in [2.45, 2.75) is 13.0 Å². The summed E-state index contributed by atoms with van der Waals surface area (Å²) in [6.45, 7) is 2.00. The van der Waals surface area contributed by atoms with Crippen LogP contribution in [-0.4, -0.2) is 20.7 Å². The number of benzene rings is 2. The second-order valence-corrected chi connectivity index (χ2v) is 7.69. The molecule has 2 N–H and O–H groups in total. The molecule has 0 aliphatic carbocycles. The zero-order valence-corrected chi connectivity index (χ0v) is 17.6. The fraction of sp³-hybridized carbons (Fsp3) is 0.0870. The minimum absolute atomic E-state index is 0.0462. The van der Waals surface area contributed by atoms with E-state index in [1.54, 1.807) is 18.2 Å². The zero-order chi connectivity index (χ0) is 22.2. The lowest BCUT2D eigenvalue weighted by Gasteiger charge is -2.25. The van der Waals surface area contributed by atoms with E-state index >= 15 is 0 Å². The quantitative estimate of drug-likeness (QED) is 0.442. The second-order valence-electron chi connectivity index (χ2n) is 7.29. The molecule has 1 aliphatic heterocycles. The first kappa shape index (κ1) is 20.0. The van der Waals surface area contributed by atoms with Gasteiger partial charge >= 0.3 is 0 Å². The summed E-state index contributed by atoms with van der Waals surface area (Å²) in [5.41, 5.74) is 2.99. The van der Waals surface area contributed by atoms with Gasteiger partial charge in [-0.1, -0.05) is 47.5 Å². The van der Waals surface area contributed by atoms with Crippen molar-refractivity contribution in [3.63, 3.8) is 0 Å². The summed E-state index contributed by atoms with van der Waals surface area (Å²) in [6, 6.07) is 14.9. The standard InChI is InChI=1S/C23H17ClFN5O2/c1-13-7-9-14(10-8-13)17-12-18(20-15(24)4-2-5-16(20)25)30-23(26-17)28-22(29-30)27-21(31)19-6-3-11-32-19/h2-12,18H,1H3,(H2,26,27,28,29,31)/t18-/m1/s1. The van der Waals surface area contributed by atoms with E-state index in [1.807, 2.05) is 37.3 Å². The number of rotatable bonds is 4. The zero-order valence-electron chi connectivity index (χ0n) is 16.8. The molecule has 32 heavy (non-hydrogen) atoms. The minimum atomic E-state index is -0.682. The average Bonchev–Trinajstić information content (AvgIpc) is 3.44. The smallest absolute Gasteiger partial charge is 0.293 e. The third-order valence-electron chi connectivity index (χ3n) is 5.09. The van der Waals surface area contributed by atoms with Crippen LogP contribution in [-0.2, 0) is 0 Å². The van der Waals surface area contributed by atoms with Crippen molar-refractivity contribution in [1.82, 2.24) is 14.8 Å². The largest absolute Gasteiger partial charge is 0.459 e. The van der Waals surface area contributed by atoms with Crippen molar-refractivity contribution in [2.75, 3.05) is 10.6 Å². The fourth-order valence-corrected chi connectivity index (χ4v) is 3.79. The second kappa shape index (κ2) is 7.97. The van der Waals surface area contributed by atoms with E-state index in [-0.39, 0.29) is 22.3 Å². The maximum absolute atomic E-state index is 14.8. The van der Waals surface area contributed by atoms with Gasteiger partial charge in [0.15, 0.2) is 5.76 Å². The van der Waals surface area contributed by atoms with E-state index in [4.69, 9.17) is 16.0 Å². The maximum Gasteiger partial charge on any atom is 0.293 e. The highest BCUT2D eigenvalue weighted by Gasteiger charge is 2.29. The van der Waals surface area contributed by atoms with Crippen molar-refractivity contribution >= 4 is 35.1 Å². The number of aryl methyl sites for hydroxylation is 1. The Morgan fingerprint density at radius 2 is 2.00 bits per heavy atom. The van der Waals surface area contributed by atoms with Crippen LogP contribution in [0, 0.1) is 12.7 Å². The molecule has 0 radical (unpaired) electrons. The molecule has 0 saturated heterocycles. The lowest BCUT2D eigenvalue weighted by atomic mass is 10.0. The molecule has 0 fully saturated rings. The molecule has 1 atom stereocenters. The summed E-state index contributed by atoms with van der Waals surface area (Å²) in [6.07, 6.45) is 3.23. The Bertz CT molecular complexity index is 1310. The van der Waals surface area contributed by atoms with Crippen LogP contribution < -0.4 is 10.6 Å². The van der Waals surface area contributed by atoms with Crippen LogP contribution in [0.5, 0.6) is 0 Å². The number of anilines is 2. The van der Waals surface area contributed by atoms with E-state index in [1.165, 1.54) is 23.1 Å². The molecule has 2 aromatic heterocycles. The van der Waals surface area contributed by atoms with Crippen LogP contribution >= 0.6 is 11.6 Å². The highest BCUT2D eigenvalue weighted by atomic mass is 35.5. The first-order valence-corrected chi connectivity index (χ1v) is 10.2. The van der Waals surface area contributed by atoms with Gasteiger partial charge in [-0.15, -0.1) is 5.10 Å². The van der Waals surface area contributed by atoms with Gasteiger partial charge in [-0.05, 0) is 42.8 Å². The lowest BCUT2D eigenvalue weighted by Crippen LogP contribution is -2.21. The monoisotopic (exact) mass is 449 g/mol. The number of carbonyl (C=O) groups excluding carboxylic acids is 1. The molecule has 160 valence electrons. The first-order chi connectivity index (χ1) is 15.5. The Balaban J connectivity index is 1.58. The van der Waals surface area contributed by atoms with Crippen molar-refractivity contribution in [1.29, 1.82) is 0 Å². The SMILES string of the molecule is Cc1ccc(C2=C[C@H](c3c(F)cccc3Cl)n3nc(NC(=O)c4ccco4)nc3N2)cc1. The molecule has 1 aliphatic rings. The van der Waals surface area contributed by atoms with E-state index in [9.17, 15) is 9.18 Å². The molecule has 5 rings (SSSR count). The highest BCUT2D eigenvalue weighted by Crippen LogP contribution is 2.37. The topological polar surface area (TPSA) is 85.0 Å². The van der Waals surface area contributed by atoms with Crippen molar-refractivity contribution in [3.8, 4) is 0 Å². The van der Waals surface area contributed by atoms with Crippen LogP contribution in [0.1, 0.15) is 33.3 Å². The van der Waals surface area contributed by atoms with Crippen LogP contribution in [0.25, 0.3) is 5.70 Å². The molecule has 3 heterocycles. The van der Waals surface area contributed by atoms with Gasteiger partial charge in [0, 0.05) is 16.3 Å². The van der Waals surface area contributed by atoms with Crippen LogP contribution in [0.3, 0.4) is 0 Å². The van der Waals surface area contributed by atoms with Gasteiger partial charge < -0.3 is 9.73 Å². The molecule has 0 saturated carbocycles. The third-order valence-corrected chi connectivity index (χ3v) is 5.42. The third kappa shape index (κ3) is 3.65. The van der Waals surface area contributed by atoms with Gasteiger partial charge in [-0.3, -0.25) is 10.1 Å². The van der Waals surface area contributed by atoms with Crippen LogP contribution in [0.2, 0.25) is 5.02 Å². The number of nitrogens with one attached hydrogen (secondary N) is 2. The normalized spacial score (nSPS) is 15.0.